The van der Waals surface area contributed by atoms with Crippen LogP contribution in [0.3, 0.4) is 0 Å². The standard InChI is InChI=1S/C28H26N8O5S2/c1-2-18(43-19-12-29-35-34-19)15-13-42-27-21(26(39)36(27)22(15)28(40)41)33-24(37)20(14-8-4-3-5-9-14)32-25(38)23-30-16-10-6-7-11-17(16)31-23/h3-12,18,20-21,27H,2,13H2,1H3,(H,30,31)(H,32,38)(H,33,37)(H,40,41)(H,29,34,35)/t18?,20?,21?,27-/m0/s1. The number of benzene rings is 2. The molecule has 5 N–H and O–H groups in total. The highest BCUT2D eigenvalue weighted by Gasteiger charge is 2.55. The predicted molar refractivity (Wildman–Crippen MR) is 159 cm³/mol. The number of amides is 3. The molecule has 6 rings (SSSR count). The average Bonchev–Trinajstić information content (AvgIpc) is 3.71. The van der Waals surface area contributed by atoms with Crippen molar-refractivity contribution in [2.45, 2.75) is 41.1 Å². The summed E-state index contributed by atoms with van der Waals surface area (Å²) in [5, 5.41) is 25.8. The number of hydrogen-bond acceptors (Lipinski definition) is 9. The van der Waals surface area contributed by atoms with Crippen molar-refractivity contribution in [2.75, 3.05) is 5.75 Å². The molecule has 4 heterocycles. The van der Waals surface area contributed by atoms with Crippen LogP contribution in [0.25, 0.3) is 11.0 Å². The predicted octanol–water partition coefficient (Wildman–Crippen LogP) is 2.46. The van der Waals surface area contributed by atoms with Gasteiger partial charge < -0.3 is 20.7 Å². The van der Waals surface area contributed by atoms with Crippen LogP contribution in [-0.4, -0.2) is 81.5 Å². The summed E-state index contributed by atoms with van der Waals surface area (Å²) >= 11 is 2.76. The van der Waals surface area contributed by atoms with Gasteiger partial charge in [0.2, 0.25) is 5.91 Å². The van der Waals surface area contributed by atoms with Crippen LogP contribution < -0.4 is 10.6 Å². The quantitative estimate of drug-likeness (QED) is 0.131. The number of hydrogen-bond donors (Lipinski definition) is 5. The summed E-state index contributed by atoms with van der Waals surface area (Å²) in [7, 11) is 0. The van der Waals surface area contributed by atoms with Gasteiger partial charge in [0.1, 0.15) is 28.2 Å². The van der Waals surface area contributed by atoms with Gasteiger partial charge >= 0.3 is 5.97 Å². The average molecular weight is 619 g/mol. The fraction of sp³-hybridized carbons (Fsp3) is 0.250. The van der Waals surface area contributed by atoms with Crippen LogP contribution in [0.2, 0.25) is 0 Å². The Balaban J connectivity index is 1.21. The number of carboxylic acid groups (broad SMARTS) is 1. The summed E-state index contributed by atoms with van der Waals surface area (Å²) in [6.45, 7) is 1.94. The normalized spacial score (nSPS) is 19.4. The summed E-state index contributed by atoms with van der Waals surface area (Å²) in [5.41, 5.74) is 2.33. The first-order valence-electron chi connectivity index (χ1n) is 13.4. The van der Waals surface area contributed by atoms with Gasteiger partial charge in [-0.25, -0.2) is 9.78 Å². The Morgan fingerprint density at radius 2 is 1.93 bits per heavy atom. The molecule has 43 heavy (non-hydrogen) atoms. The number of nitrogens with one attached hydrogen (secondary N) is 4. The maximum Gasteiger partial charge on any atom is 0.352 e. The maximum absolute atomic E-state index is 13.6. The molecule has 3 amide bonds. The van der Waals surface area contributed by atoms with E-state index in [0.29, 0.717) is 39.4 Å². The van der Waals surface area contributed by atoms with Crippen LogP contribution in [0.1, 0.15) is 35.6 Å². The second kappa shape index (κ2) is 11.9. The first-order valence-corrected chi connectivity index (χ1v) is 15.3. The number of thioether (sulfide) groups is 2. The van der Waals surface area contributed by atoms with E-state index in [1.54, 1.807) is 54.7 Å². The Bertz CT molecular complexity index is 1690. The minimum atomic E-state index is -1.21. The second-order valence-corrected chi connectivity index (χ2v) is 12.1. The van der Waals surface area contributed by atoms with Crippen LogP contribution in [0, 0.1) is 0 Å². The van der Waals surface area contributed by atoms with Crippen LogP contribution in [0.15, 0.2) is 77.1 Å². The smallest absolute Gasteiger partial charge is 0.352 e. The summed E-state index contributed by atoms with van der Waals surface area (Å²) in [4.78, 5) is 61.1. The van der Waals surface area contributed by atoms with Crippen molar-refractivity contribution in [2.24, 2.45) is 0 Å². The Labute approximate surface area is 253 Å². The van der Waals surface area contributed by atoms with Crippen molar-refractivity contribution in [1.82, 2.24) is 40.9 Å². The molecule has 13 nitrogen and oxygen atoms in total. The second-order valence-electron chi connectivity index (χ2n) is 9.82. The lowest BCUT2D eigenvalue weighted by Gasteiger charge is -2.50. The molecule has 2 aromatic carbocycles. The minimum Gasteiger partial charge on any atom is -0.477 e. The zero-order chi connectivity index (χ0) is 30.1. The number of aliphatic carboxylic acids is 1. The van der Waals surface area contributed by atoms with E-state index in [9.17, 15) is 24.3 Å². The number of aromatic nitrogens is 5. The molecule has 2 aromatic heterocycles. The zero-order valence-electron chi connectivity index (χ0n) is 22.7. The van der Waals surface area contributed by atoms with E-state index in [1.165, 1.54) is 28.4 Å². The molecule has 2 aliphatic heterocycles. The van der Waals surface area contributed by atoms with Gasteiger partial charge in [-0.1, -0.05) is 61.2 Å². The van der Waals surface area contributed by atoms with Gasteiger partial charge in [0.05, 0.1) is 17.2 Å². The summed E-state index contributed by atoms with van der Waals surface area (Å²) in [5.74, 6) is -2.54. The maximum atomic E-state index is 13.6. The van der Waals surface area contributed by atoms with E-state index in [1.807, 2.05) is 13.0 Å². The van der Waals surface area contributed by atoms with E-state index in [4.69, 9.17) is 0 Å². The van der Waals surface area contributed by atoms with Crippen molar-refractivity contribution in [1.29, 1.82) is 0 Å². The zero-order valence-corrected chi connectivity index (χ0v) is 24.3. The fourth-order valence-electron chi connectivity index (χ4n) is 5.13. The SMILES string of the molecule is CCC(Sc1cn[nH]n1)C1=C(C(=O)O)N2C(=O)C(NC(=O)C(NC(=O)c3nc4ccccc4[nH]3)c3ccccc3)[C@@H]2SC1. The number of H-pyrrole nitrogens is 2. The molecule has 15 heteroatoms. The number of β-lactam (4-membered cyclic amide) rings is 1. The molecule has 2 aliphatic rings. The molecule has 0 bridgehead atoms. The first-order chi connectivity index (χ1) is 20.9. The lowest BCUT2D eigenvalue weighted by atomic mass is 9.99. The van der Waals surface area contributed by atoms with Crippen LogP contribution >= 0.6 is 23.5 Å². The molecular weight excluding hydrogens is 592 g/mol. The summed E-state index contributed by atoms with van der Waals surface area (Å²) < 4.78 is 0. The Hall–Kier alpha value is -4.63. The summed E-state index contributed by atoms with van der Waals surface area (Å²) in [6.07, 6.45) is 2.17. The number of carboxylic acids is 1. The van der Waals surface area contributed by atoms with E-state index in [2.05, 4.69) is 36.0 Å². The van der Waals surface area contributed by atoms with Gasteiger partial charge in [0, 0.05) is 11.0 Å². The third kappa shape index (κ3) is 5.48. The fourth-order valence-corrected chi connectivity index (χ4v) is 7.66. The van der Waals surface area contributed by atoms with E-state index >= 15 is 0 Å². The number of imidazole rings is 1. The molecule has 3 unspecified atom stereocenters. The molecule has 4 atom stereocenters. The molecule has 220 valence electrons. The lowest BCUT2D eigenvalue weighted by molar-refractivity contribution is -0.151. The highest BCUT2D eigenvalue weighted by Crippen LogP contribution is 2.44. The number of nitrogens with zero attached hydrogens (tertiary/aromatic N) is 4. The molecule has 0 spiro atoms. The van der Waals surface area contributed by atoms with Crippen molar-refractivity contribution >= 4 is 58.2 Å². The number of aromatic amines is 2. The van der Waals surface area contributed by atoms with Crippen LogP contribution in [-0.2, 0) is 14.4 Å². The van der Waals surface area contributed by atoms with Crippen LogP contribution in [0.5, 0.6) is 0 Å². The van der Waals surface area contributed by atoms with Crippen LogP contribution in [0.4, 0.5) is 0 Å². The monoisotopic (exact) mass is 618 g/mol. The number of fused-ring (bicyclic) bond motifs is 2. The first kappa shape index (κ1) is 28.5. The molecule has 1 saturated heterocycles. The lowest BCUT2D eigenvalue weighted by Crippen LogP contribution is -2.71. The van der Waals surface area contributed by atoms with Gasteiger partial charge in [-0.15, -0.1) is 16.9 Å². The molecule has 0 aliphatic carbocycles. The van der Waals surface area contributed by atoms with Crippen molar-refractivity contribution in [3.63, 3.8) is 0 Å². The Kier molecular flexibility index (Phi) is 7.90. The van der Waals surface area contributed by atoms with Gasteiger partial charge in [-0.2, -0.15) is 10.3 Å². The van der Waals surface area contributed by atoms with Gasteiger partial charge in [-0.3, -0.25) is 19.3 Å². The van der Waals surface area contributed by atoms with E-state index in [-0.39, 0.29) is 16.8 Å². The van der Waals surface area contributed by atoms with E-state index in [0.717, 1.165) is 0 Å². The number of rotatable bonds is 10. The largest absolute Gasteiger partial charge is 0.477 e. The van der Waals surface area contributed by atoms with E-state index < -0.39 is 41.1 Å². The number of carbonyl (C=O) groups is 4. The van der Waals surface area contributed by atoms with Crippen molar-refractivity contribution in [3.8, 4) is 0 Å². The number of para-hydroxylation sites is 2. The third-order valence-corrected chi connectivity index (χ3v) is 9.83. The van der Waals surface area contributed by atoms with Gasteiger partial charge in [-0.05, 0) is 29.7 Å². The highest BCUT2D eigenvalue weighted by atomic mass is 32.2. The molecule has 0 saturated carbocycles. The Morgan fingerprint density at radius 1 is 1.16 bits per heavy atom. The molecule has 1 fully saturated rings. The molecular formula is C28H26N8O5S2. The molecule has 0 radical (unpaired) electrons. The Morgan fingerprint density at radius 3 is 2.63 bits per heavy atom. The molecule has 4 aromatic rings. The van der Waals surface area contributed by atoms with Gasteiger partial charge in [0.15, 0.2) is 5.82 Å². The topological polar surface area (TPSA) is 186 Å². The van der Waals surface area contributed by atoms with Crippen molar-refractivity contribution in [3.05, 3.63) is 83.5 Å². The van der Waals surface area contributed by atoms with Crippen molar-refractivity contribution < 1.29 is 24.3 Å². The minimum absolute atomic E-state index is 0.0430. The van der Waals surface area contributed by atoms with Gasteiger partial charge in [0.25, 0.3) is 11.8 Å². The third-order valence-electron chi connectivity index (χ3n) is 7.19. The highest BCUT2D eigenvalue weighted by molar-refractivity contribution is 8.01. The summed E-state index contributed by atoms with van der Waals surface area (Å²) in [6, 6.07) is 13.7. The number of carbonyl (C=O) groups excluding carboxylic acids is 3.